The predicted octanol–water partition coefficient (Wildman–Crippen LogP) is 10.2. The number of aromatic nitrogens is 4. The molecule has 0 fully saturated rings. The molecule has 3 heterocycles. The van der Waals surface area contributed by atoms with Crippen LogP contribution in [0.3, 0.4) is 0 Å². The van der Waals surface area contributed by atoms with Crippen LogP contribution in [0.2, 0.25) is 0 Å². The zero-order valence-corrected chi connectivity index (χ0v) is 35.2. The van der Waals surface area contributed by atoms with Gasteiger partial charge in [0.05, 0.1) is 0 Å². The molecule has 0 atom stereocenters. The number of rotatable bonds is 0. The van der Waals surface area contributed by atoms with E-state index < -0.39 is 0 Å². The second-order valence-corrected chi connectivity index (χ2v) is 21.7. The van der Waals surface area contributed by atoms with Gasteiger partial charge in [-0.25, -0.2) is 18.3 Å². The zero-order valence-electron chi connectivity index (χ0n) is 35.2. The first-order valence-electron chi connectivity index (χ1n) is 19.1. The van der Waals surface area contributed by atoms with Crippen molar-refractivity contribution in [2.75, 3.05) is 0 Å². The fourth-order valence-electron chi connectivity index (χ4n) is 8.28. The molecule has 4 aromatic rings. The minimum atomic E-state index is -0.0253. The van der Waals surface area contributed by atoms with Crippen molar-refractivity contribution in [3.05, 3.63) is 105 Å². The van der Waals surface area contributed by atoms with E-state index in [-0.39, 0.29) is 32.5 Å². The Morgan fingerprint density at radius 1 is 0.380 bits per heavy atom. The highest BCUT2D eigenvalue weighted by Crippen LogP contribution is 2.36. The first-order chi connectivity index (χ1) is 22.5. The van der Waals surface area contributed by atoms with Gasteiger partial charge in [-0.05, 0) is 56.3 Å². The lowest BCUT2D eigenvalue weighted by Gasteiger charge is -2.26. The summed E-state index contributed by atoms with van der Waals surface area (Å²) in [6.07, 6.45) is 4.86. The van der Waals surface area contributed by atoms with E-state index in [0.29, 0.717) is 0 Å². The molecule has 0 amide bonds. The summed E-state index contributed by atoms with van der Waals surface area (Å²) in [5.41, 5.74) is 14.0. The molecule has 0 saturated heterocycles. The molecule has 0 radical (unpaired) electrons. The fraction of sp³-hybridized carbons (Fsp3) is 0.609. The summed E-state index contributed by atoms with van der Waals surface area (Å²) in [6.45, 7) is 46.1. The van der Waals surface area contributed by atoms with E-state index in [1.807, 2.05) is 0 Å². The summed E-state index contributed by atoms with van der Waals surface area (Å²) in [5, 5.41) is 0. The third-order valence-corrected chi connectivity index (χ3v) is 10.2. The van der Waals surface area contributed by atoms with Crippen LogP contribution in [0.4, 0.5) is 0 Å². The quantitative estimate of drug-likeness (QED) is 0.145. The Morgan fingerprint density at radius 3 is 0.960 bits per heavy atom. The molecule has 0 aliphatic carbocycles. The average molecular weight is 679 g/mol. The molecule has 0 spiro atoms. The number of hydrogen-bond acceptors (Lipinski definition) is 0. The average Bonchev–Trinajstić information content (AvgIpc) is 3.45. The van der Waals surface area contributed by atoms with E-state index >= 15 is 0 Å². The number of hydrogen-bond donors (Lipinski definition) is 0. The molecule has 5 rings (SSSR count). The van der Waals surface area contributed by atoms with Gasteiger partial charge in [-0.15, -0.1) is 0 Å². The van der Waals surface area contributed by atoms with Crippen LogP contribution in [0.5, 0.6) is 0 Å². The SMILES string of the molecule is CC(C)(C)c1cc2cc(c1)Cn1c[n+](c(C(C)(C)C)c1C(C)(C)C)Cc1cc(cc(C(C)(C)C)c1)C[n+]1cn(c(C(C)(C)C)c1C(C)(C)C)C2. The fourth-order valence-corrected chi connectivity index (χ4v) is 8.28. The van der Waals surface area contributed by atoms with E-state index in [1.165, 1.54) is 56.2 Å². The highest BCUT2D eigenvalue weighted by atomic mass is 15.2. The molecule has 2 aromatic heterocycles. The molecular formula is C46H70N4+2. The molecule has 4 nitrogen and oxygen atoms in total. The maximum atomic E-state index is 2.58. The van der Waals surface area contributed by atoms with E-state index in [1.54, 1.807) is 0 Å². The van der Waals surface area contributed by atoms with Crippen molar-refractivity contribution in [3.63, 3.8) is 0 Å². The summed E-state index contributed by atoms with van der Waals surface area (Å²) in [5.74, 6) is 0. The number of benzene rings is 2. The van der Waals surface area contributed by atoms with Crippen molar-refractivity contribution in [3.8, 4) is 0 Å². The lowest BCUT2D eigenvalue weighted by atomic mass is 9.81. The summed E-state index contributed by atoms with van der Waals surface area (Å²) in [6, 6.07) is 14.9. The Kier molecular flexibility index (Phi) is 9.32. The molecule has 1 aliphatic heterocycles. The van der Waals surface area contributed by atoms with Gasteiger partial charge in [-0.3, -0.25) is 0 Å². The first-order valence-corrected chi connectivity index (χ1v) is 19.1. The van der Waals surface area contributed by atoms with E-state index in [0.717, 1.165) is 26.2 Å². The predicted molar refractivity (Wildman–Crippen MR) is 211 cm³/mol. The zero-order chi connectivity index (χ0) is 37.6. The monoisotopic (exact) mass is 679 g/mol. The Morgan fingerprint density at radius 2 is 0.680 bits per heavy atom. The van der Waals surface area contributed by atoms with Gasteiger partial charge >= 0.3 is 0 Å². The second kappa shape index (κ2) is 12.2. The highest BCUT2D eigenvalue weighted by Gasteiger charge is 2.40. The van der Waals surface area contributed by atoms with E-state index in [2.05, 4.69) is 192 Å². The summed E-state index contributed by atoms with van der Waals surface area (Å²) < 4.78 is 10.3. The van der Waals surface area contributed by atoms with Crippen molar-refractivity contribution in [2.24, 2.45) is 0 Å². The molecule has 8 bridgehead atoms. The Hall–Kier alpha value is -3.14. The lowest BCUT2D eigenvalue weighted by Crippen LogP contribution is -2.43. The van der Waals surface area contributed by atoms with Crippen molar-refractivity contribution in [2.45, 2.75) is 183 Å². The second-order valence-electron chi connectivity index (χ2n) is 21.7. The van der Waals surface area contributed by atoms with E-state index in [9.17, 15) is 0 Å². The van der Waals surface area contributed by atoms with Crippen LogP contribution in [-0.4, -0.2) is 9.13 Å². The third kappa shape index (κ3) is 7.85. The topological polar surface area (TPSA) is 17.6 Å². The van der Waals surface area contributed by atoms with Crippen LogP contribution in [0.25, 0.3) is 0 Å². The van der Waals surface area contributed by atoms with Gasteiger partial charge in [0.1, 0.15) is 26.2 Å². The van der Waals surface area contributed by atoms with Crippen LogP contribution < -0.4 is 9.13 Å². The van der Waals surface area contributed by atoms with Gasteiger partial charge in [0.25, 0.3) is 0 Å². The Bertz CT molecular complexity index is 1630. The molecular weight excluding hydrogens is 609 g/mol. The highest BCUT2D eigenvalue weighted by molar-refractivity contribution is 5.37. The number of fused-ring (bicyclic) bond motifs is 8. The summed E-state index contributed by atoms with van der Waals surface area (Å²) >= 11 is 0. The number of imidazole rings is 2. The standard InChI is InChI=1S/C46H70N4/c1-41(2,3)35-21-31-19-32(22-35)26-48-30-50(40(46(16,17)18)38(48)44(10,11)12)28-34-20-33(23-36(24-34)42(4,5)6)27-49-29-47(25-31)37(43(7,8)9)39(49)45(13,14)15/h19-24,29-30H,25-28H2,1-18H3/q+2. The van der Waals surface area contributed by atoms with Crippen molar-refractivity contribution >= 4 is 0 Å². The van der Waals surface area contributed by atoms with Gasteiger partial charge in [-0.2, -0.15) is 0 Å². The molecule has 0 N–H and O–H groups in total. The molecule has 1 aliphatic rings. The smallest absolute Gasteiger partial charge is 0.229 e. The van der Waals surface area contributed by atoms with Crippen molar-refractivity contribution in [1.82, 2.24) is 9.13 Å². The maximum Gasteiger partial charge on any atom is 0.244 e. The molecule has 4 heteroatoms. The van der Waals surface area contributed by atoms with Crippen LogP contribution >= 0.6 is 0 Å². The van der Waals surface area contributed by atoms with Gasteiger partial charge in [0, 0.05) is 21.7 Å². The first kappa shape index (κ1) is 38.1. The molecule has 272 valence electrons. The Balaban J connectivity index is 1.90. The van der Waals surface area contributed by atoms with Gasteiger partial charge in [-0.1, -0.05) is 149 Å². The molecule has 0 unspecified atom stereocenters. The van der Waals surface area contributed by atoms with Crippen LogP contribution in [0.1, 0.15) is 181 Å². The minimum Gasteiger partial charge on any atom is -0.229 e. The minimum absolute atomic E-state index is 0.0253. The number of nitrogens with zero attached hydrogens (tertiary/aromatic N) is 4. The largest absolute Gasteiger partial charge is 0.244 e. The third-order valence-electron chi connectivity index (χ3n) is 10.2. The van der Waals surface area contributed by atoms with Crippen molar-refractivity contribution in [1.29, 1.82) is 0 Å². The van der Waals surface area contributed by atoms with Gasteiger partial charge < -0.3 is 0 Å². The van der Waals surface area contributed by atoms with Crippen LogP contribution in [-0.2, 0) is 58.7 Å². The Labute approximate surface area is 306 Å². The lowest BCUT2D eigenvalue weighted by molar-refractivity contribution is -0.699. The summed E-state index contributed by atoms with van der Waals surface area (Å²) in [7, 11) is 0. The molecule has 50 heavy (non-hydrogen) atoms. The van der Waals surface area contributed by atoms with Gasteiger partial charge in [0.2, 0.25) is 12.7 Å². The normalized spacial score (nSPS) is 15.1. The summed E-state index contributed by atoms with van der Waals surface area (Å²) in [4.78, 5) is 0. The van der Waals surface area contributed by atoms with E-state index in [4.69, 9.17) is 0 Å². The van der Waals surface area contributed by atoms with Crippen molar-refractivity contribution < 1.29 is 9.13 Å². The molecule has 2 aromatic carbocycles. The molecule has 0 saturated carbocycles. The maximum absolute atomic E-state index is 2.58. The van der Waals surface area contributed by atoms with Crippen LogP contribution in [0, 0.1) is 0 Å². The van der Waals surface area contributed by atoms with Gasteiger partial charge in [0.15, 0.2) is 22.8 Å². The van der Waals surface area contributed by atoms with Crippen LogP contribution in [0.15, 0.2) is 49.1 Å².